The highest BCUT2D eigenvalue weighted by Gasteiger charge is 2.38. The van der Waals surface area contributed by atoms with Crippen LogP contribution < -0.4 is 0 Å². The Kier molecular flexibility index (Phi) is 10.1. The number of hydrogen-bond acceptors (Lipinski definition) is 4. The summed E-state index contributed by atoms with van der Waals surface area (Å²) in [6, 6.07) is 9.67. The Morgan fingerprint density at radius 2 is 1.67 bits per heavy atom. The molecular formula is C26H38O4. The Balaban J connectivity index is 1.84. The van der Waals surface area contributed by atoms with Crippen LogP contribution >= 0.6 is 0 Å². The van der Waals surface area contributed by atoms with Gasteiger partial charge in [-0.15, -0.1) is 0 Å². The van der Waals surface area contributed by atoms with Crippen LogP contribution in [0.25, 0.3) is 0 Å². The van der Waals surface area contributed by atoms with Crippen molar-refractivity contribution >= 4 is 11.9 Å². The molecule has 4 heteroatoms. The van der Waals surface area contributed by atoms with Crippen LogP contribution in [0.3, 0.4) is 0 Å². The molecule has 0 saturated carbocycles. The molecule has 0 heterocycles. The minimum Gasteiger partial charge on any atom is -0.465 e. The van der Waals surface area contributed by atoms with Gasteiger partial charge < -0.3 is 9.47 Å². The number of benzene rings is 1. The predicted octanol–water partition coefficient (Wildman–Crippen LogP) is 6.41. The lowest BCUT2D eigenvalue weighted by molar-refractivity contribution is -0.164. The van der Waals surface area contributed by atoms with Gasteiger partial charge in [0.05, 0.1) is 18.4 Å². The predicted molar refractivity (Wildman–Crippen MR) is 120 cm³/mol. The summed E-state index contributed by atoms with van der Waals surface area (Å²) in [6.07, 6.45) is 8.40. The van der Waals surface area contributed by atoms with Gasteiger partial charge in [0.25, 0.3) is 0 Å². The third kappa shape index (κ3) is 7.97. The number of unbranched alkanes of at least 4 members (excludes halogenated alkanes) is 3. The lowest BCUT2D eigenvalue weighted by Crippen LogP contribution is -2.35. The Bertz CT molecular complexity index is 692. The Hall–Kier alpha value is -2.10. The van der Waals surface area contributed by atoms with Crippen molar-refractivity contribution in [1.82, 2.24) is 0 Å². The van der Waals surface area contributed by atoms with E-state index in [0.717, 1.165) is 29.9 Å². The molecule has 0 fully saturated rings. The largest absolute Gasteiger partial charge is 0.465 e. The second-order valence-corrected chi connectivity index (χ2v) is 8.96. The zero-order valence-electron chi connectivity index (χ0n) is 19.1. The van der Waals surface area contributed by atoms with Crippen molar-refractivity contribution in [1.29, 1.82) is 0 Å². The van der Waals surface area contributed by atoms with Gasteiger partial charge in [-0.1, -0.05) is 81.5 Å². The highest BCUT2D eigenvalue weighted by Crippen LogP contribution is 2.33. The highest BCUT2D eigenvalue weighted by molar-refractivity contribution is 5.83. The van der Waals surface area contributed by atoms with E-state index < -0.39 is 11.8 Å². The third-order valence-electron chi connectivity index (χ3n) is 5.84. The molecule has 0 spiro atoms. The van der Waals surface area contributed by atoms with E-state index in [-0.39, 0.29) is 18.0 Å². The average molecular weight is 415 g/mol. The van der Waals surface area contributed by atoms with Crippen LogP contribution in [-0.2, 0) is 19.1 Å². The molecule has 3 atom stereocenters. The number of esters is 2. The van der Waals surface area contributed by atoms with Gasteiger partial charge in [-0.2, -0.15) is 0 Å². The van der Waals surface area contributed by atoms with Crippen LogP contribution in [0.5, 0.6) is 0 Å². The van der Waals surface area contributed by atoms with Crippen molar-refractivity contribution in [2.75, 3.05) is 6.61 Å². The summed E-state index contributed by atoms with van der Waals surface area (Å²) in [5, 5.41) is 0. The van der Waals surface area contributed by atoms with Crippen LogP contribution in [0.4, 0.5) is 0 Å². The van der Waals surface area contributed by atoms with Crippen LogP contribution in [0.1, 0.15) is 84.3 Å². The quantitative estimate of drug-likeness (QED) is 0.238. The topological polar surface area (TPSA) is 52.6 Å². The fourth-order valence-corrected chi connectivity index (χ4v) is 3.91. The van der Waals surface area contributed by atoms with Crippen molar-refractivity contribution in [2.24, 2.45) is 17.8 Å². The first-order valence-corrected chi connectivity index (χ1v) is 11.5. The number of hydrogen-bond donors (Lipinski definition) is 0. The summed E-state index contributed by atoms with van der Waals surface area (Å²) in [5.41, 5.74) is 2.07. The smallest absolute Gasteiger partial charge is 0.310 e. The third-order valence-corrected chi connectivity index (χ3v) is 5.84. The normalized spacial score (nSPS) is 19.8. The SMILES string of the molecule is CC1=CCC(C(=O)OCCCCCCC(C)C)C(C(=O)OC(C)c2ccccc2)C1. The molecule has 1 aromatic rings. The van der Waals surface area contributed by atoms with E-state index in [1.54, 1.807) is 0 Å². The molecule has 0 bridgehead atoms. The Labute approximate surface area is 182 Å². The summed E-state index contributed by atoms with van der Waals surface area (Å²) in [7, 11) is 0. The molecule has 0 aromatic heterocycles. The van der Waals surface area contributed by atoms with E-state index >= 15 is 0 Å². The second-order valence-electron chi connectivity index (χ2n) is 8.96. The van der Waals surface area contributed by atoms with Gasteiger partial charge in [0.15, 0.2) is 0 Å². The molecule has 1 aliphatic carbocycles. The van der Waals surface area contributed by atoms with Crippen LogP contribution in [-0.4, -0.2) is 18.5 Å². The van der Waals surface area contributed by atoms with Crippen molar-refractivity contribution in [3.63, 3.8) is 0 Å². The Morgan fingerprint density at radius 1 is 0.967 bits per heavy atom. The average Bonchev–Trinajstić information content (AvgIpc) is 2.73. The van der Waals surface area contributed by atoms with E-state index in [1.165, 1.54) is 19.3 Å². The molecule has 3 unspecified atom stereocenters. The maximum Gasteiger partial charge on any atom is 0.310 e. The molecular weight excluding hydrogens is 376 g/mol. The molecule has 0 amide bonds. The summed E-state index contributed by atoms with van der Waals surface area (Å²) < 4.78 is 11.3. The summed E-state index contributed by atoms with van der Waals surface area (Å²) in [6.45, 7) is 8.78. The van der Waals surface area contributed by atoms with Gasteiger partial charge in [-0.3, -0.25) is 9.59 Å². The zero-order chi connectivity index (χ0) is 21.9. The lowest BCUT2D eigenvalue weighted by Gasteiger charge is -2.28. The van der Waals surface area contributed by atoms with E-state index in [2.05, 4.69) is 13.8 Å². The second kappa shape index (κ2) is 12.6. The van der Waals surface area contributed by atoms with Crippen LogP contribution in [0.15, 0.2) is 42.0 Å². The van der Waals surface area contributed by atoms with Crippen molar-refractivity contribution in [3.8, 4) is 0 Å². The van der Waals surface area contributed by atoms with E-state index in [9.17, 15) is 9.59 Å². The van der Waals surface area contributed by atoms with Gasteiger partial charge in [-0.05, 0) is 44.6 Å². The van der Waals surface area contributed by atoms with Gasteiger partial charge in [0.1, 0.15) is 6.10 Å². The van der Waals surface area contributed by atoms with Crippen LogP contribution in [0.2, 0.25) is 0 Å². The molecule has 1 aromatic carbocycles. The van der Waals surface area contributed by atoms with Crippen LogP contribution in [0, 0.1) is 17.8 Å². The van der Waals surface area contributed by atoms with E-state index in [0.29, 0.717) is 19.4 Å². The molecule has 0 saturated heterocycles. The van der Waals surface area contributed by atoms with Gasteiger partial charge in [0, 0.05) is 0 Å². The molecule has 0 N–H and O–H groups in total. The van der Waals surface area contributed by atoms with E-state index in [4.69, 9.17) is 9.47 Å². The zero-order valence-corrected chi connectivity index (χ0v) is 19.1. The number of allylic oxidation sites excluding steroid dienone is 2. The fraction of sp³-hybridized carbons (Fsp3) is 0.615. The summed E-state index contributed by atoms with van der Waals surface area (Å²) >= 11 is 0. The Morgan fingerprint density at radius 3 is 2.37 bits per heavy atom. The number of carbonyl (C=O) groups is 2. The van der Waals surface area contributed by atoms with Crippen molar-refractivity contribution in [2.45, 2.75) is 78.7 Å². The number of rotatable bonds is 11. The molecule has 4 nitrogen and oxygen atoms in total. The minimum atomic E-state index is -0.472. The molecule has 2 rings (SSSR count). The number of ether oxygens (including phenoxy) is 2. The minimum absolute atomic E-state index is 0.268. The maximum atomic E-state index is 12.9. The highest BCUT2D eigenvalue weighted by atomic mass is 16.5. The lowest BCUT2D eigenvalue weighted by atomic mass is 9.80. The van der Waals surface area contributed by atoms with Gasteiger partial charge in [0.2, 0.25) is 0 Å². The molecule has 0 aliphatic heterocycles. The molecule has 30 heavy (non-hydrogen) atoms. The van der Waals surface area contributed by atoms with Gasteiger partial charge in [-0.25, -0.2) is 0 Å². The van der Waals surface area contributed by atoms with Gasteiger partial charge >= 0.3 is 11.9 Å². The summed E-state index contributed by atoms with van der Waals surface area (Å²) in [5.74, 6) is -0.763. The van der Waals surface area contributed by atoms with Crippen molar-refractivity contribution < 1.29 is 19.1 Å². The monoisotopic (exact) mass is 414 g/mol. The molecule has 166 valence electrons. The van der Waals surface area contributed by atoms with Crippen molar-refractivity contribution in [3.05, 3.63) is 47.5 Å². The fourth-order valence-electron chi connectivity index (χ4n) is 3.91. The standard InChI is InChI=1S/C26H38O4/c1-19(2)12-8-5-6-11-17-29-25(27)23-16-15-20(3)18-24(23)26(28)30-21(4)22-13-9-7-10-14-22/h7,9-10,13-15,19,21,23-24H,5-6,8,11-12,16-18H2,1-4H3. The summed E-state index contributed by atoms with van der Waals surface area (Å²) in [4.78, 5) is 25.6. The molecule has 1 aliphatic rings. The number of carbonyl (C=O) groups excluding carboxylic acids is 2. The maximum absolute atomic E-state index is 12.9. The first-order valence-electron chi connectivity index (χ1n) is 11.5. The first-order chi connectivity index (χ1) is 14.4. The first kappa shape index (κ1) is 24.2. The van der Waals surface area contributed by atoms with E-state index in [1.807, 2.05) is 50.3 Å². The molecule has 0 radical (unpaired) electrons.